The number of thiol groups is 1. The Hall–Kier alpha value is -1.89. The van der Waals surface area contributed by atoms with Crippen LogP contribution in [0.4, 0.5) is 0 Å². The molecule has 3 aliphatic carbocycles. The van der Waals surface area contributed by atoms with Crippen LogP contribution in [0.25, 0.3) is 0 Å². The summed E-state index contributed by atoms with van der Waals surface area (Å²) in [5.41, 5.74) is -4.33. The Balaban J connectivity index is 1.79. The van der Waals surface area contributed by atoms with Gasteiger partial charge < -0.3 is 29.2 Å². The molecular weight excluding hydrogens is 580 g/mol. The summed E-state index contributed by atoms with van der Waals surface area (Å²) in [5, 5.41) is 24.1. The van der Waals surface area contributed by atoms with Crippen molar-refractivity contribution in [1.29, 1.82) is 0 Å². The van der Waals surface area contributed by atoms with Crippen LogP contribution in [0.5, 0.6) is 0 Å². The first-order valence-electron chi connectivity index (χ1n) is 14.2. The van der Waals surface area contributed by atoms with Crippen LogP contribution in [0, 0.1) is 16.7 Å². The van der Waals surface area contributed by atoms with Crippen molar-refractivity contribution in [3.63, 3.8) is 0 Å². The molecule has 1 aromatic carbocycles. The molecule has 2 N–H and O–H groups in total. The molecule has 0 spiro atoms. The lowest BCUT2D eigenvalue weighted by atomic mass is 9.45. The van der Waals surface area contributed by atoms with Crippen LogP contribution >= 0.6 is 24.4 Å². The molecule has 2 bridgehead atoms. The van der Waals surface area contributed by atoms with Crippen molar-refractivity contribution in [1.82, 2.24) is 0 Å². The lowest BCUT2D eigenvalue weighted by Gasteiger charge is -2.67. The summed E-state index contributed by atoms with van der Waals surface area (Å²) in [6, 6.07) is 8.37. The van der Waals surface area contributed by atoms with Gasteiger partial charge in [0.15, 0.2) is 5.60 Å². The predicted molar refractivity (Wildman–Crippen MR) is 159 cm³/mol. The zero-order chi connectivity index (χ0) is 30.8. The molecule has 1 aromatic rings. The normalized spacial score (nSPS) is 39.5. The summed E-state index contributed by atoms with van der Waals surface area (Å²) in [7, 11) is 0. The minimum atomic E-state index is -1.87. The van der Waals surface area contributed by atoms with E-state index in [2.05, 4.69) is 12.6 Å². The molecule has 11 heteroatoms. The molecule has 2 saturated carbocycles. The second-order valence-electron chi connectivity index (χ2n) is 12.7. The lowest BCUT2D eigenvalue weighted by Crippen LogP contribution is -2.81. The molecular formula is C31H40O9S2. The number of ketones is 1. The summed E-state index contributed by atoms with van der Waals surface area (Å²) < 4.78 is 24.2. The number of rotatable bonds is 6. The maximum absolute atomic E-state index is 14.7. The highest BCUT2D eigenvalue weighted by atomic mass is 32.2. The first-order chi connectivity index (χ1) is 19.6. The Kier molecular flexibility index (Phi) is 8.20. The van der Waals surface area contributed by atoms with E-state index >= 15 is 0 Å². The average molecular weight is 621 g/mol. The summed E-state index contributed by atoms with van der Waals surface area (Å²) in [6.07, 6.45) is -2.11. The van der Waals surface area contributed by atoms with Crippen LogP contribution in [0.15, 0.2) is 41.5 Å². The molecule has 1 heterocycles. The fraction of sp³-hybridized carbons (Fsp3) is 0.645. The Morgan fingerprint density at radius 1 is 1.19 bits per heavy atom. The van der Waals surface area contributed by atoms with Crippen molar-refractivity contribution in [3.05, 3.63) is 47.0 Å². The van der Waals surface area contributed by atoms with E-state index < -0.39 is 69.1 Å². The minimum Gasteiger partial charge on any atom is -0.455 e. The summed E-state index contributed by atoms with van der Waals surface area (Å²) >= 11 is 5.89. The van der Waals surface area contributed by atoms with Crippen molar-refractivity contribution in [3.8, 4) is 0 Å². The number of hydrogen-bond acceptors (Lipinski definition) is 11. The molecule has 0 amide bonds. The van der Waals surface area contributed by atoms with E-state index in [1.54, 1.807) is 58.0 Å². The SMILES string of the molecule is CSC(S)O[C@H]1C[C@H]2OC[C@@]2(OC(C)=O)C2C(OC(=O)c3ccccc3)[C@]3(O)C[C@H](O)C(C)=C(CC(=O)[C@@]21C)C3(C)C. The first-order valence-corrected chi connectivity index (χ1v) is 16.0. The van der Waals surface area contributed by atoms with Crippen LogP contribution in [0.1, 0.15) is 64.2 Å². The maximum atomic E-state index is 14.7. The van der Waals surface area contributed by atoms with Crippen molar-refractivity contribution in [2.24, 2.45) is 16.7 Å². The molecule has 3 fully saturated rings. The molecule has 1 saturated heterocycles. The molecule has 5 rings (SSSR count). The molecule has 9 nitrogen and oxygen atoms in total. The van der Waals surface area contributed by atoms with E-state index in [4.69, 9.17) is 18.9 Å². The number of hydrogen-bond donors (Lipinski definition) is 3. The topological polar surface area (TPSA) is 129 Å². The number of fused-ring (bicyclic) bond motifs is 5. The van der Waals surface area contributed by atoms with Crippen LogP contribution in [0.2, 0.25) is 0 Å². The fourth-order valence-electron chi connectivity index (χ4n) is 7.85. The van der Waals surface area contributed by atoms with Gasteiger partial charge in [-0.1, -0.05) is 37.6 Å². The number of carbonyl (C=O) groups is 3. The number of ether oxygens (including phenoxy) is 4. The fourth-order valence-corrected chi connectivity index (χ4v) is 8.25. The highest BCUT2D eigenvalue weighted by Gasteiger charge is 2.77. The minimum absolute atomic E-state index is 0.0511. The van der Waals surface area contributed by atoms with Gasteiger partial charge in [0.25, 0.3) is 0 Å². The lowest BCUT2D eigenvalue weighted by molar-refractivity contribution is -0.347. The van der Waals surface area contributed by atoms with Crippen LogP contribution < -0.4 is 0 Å². The van der Waals surface area contributed by atoms with Crippen molar-refractivity contribution >= 4 is 42.1 Å². The third kappa shape index (κ3) is 4.57. The zero-order valence-electron chi connectivity index (χ0n) is 24.8. The van der Waals surface area contributed by atoms with Crippen LogP contribution in [-0.2, 0) is 28.5 Å². The molecule has 230 valence electrons. The molecule has 3 unspecified atom stereocenters. The van der Waals surface area contributed by atoms with Gasteiger partial charge in [0, 0.05) is 31.6 Å². The number of Topliss-reactive ketones (excluding diaryl/α,β-unsaturated/α-hetero) is 1. The number of benzene rings is 1. The van der Waals surface area contributed by atoms with Crippen molar-refractivity contribution in [2.45, 2.75) is 94.3 Å². The van der Waals surface area contributed by atoms with Gasteiger partial charge in [0.05, 0.1) is 35.7 Å². The first kappa shape index (κ1) is 31.5. The summed E-state index contributed by atoms with van der Waals surface area (Å²) in [4.78, 5) is 41.2. The molecule has 42 heavy (non-hydrogen) atoms. The third-order valence-electron chi connectivity index (χ3n) is 10.4. The standard InChI is InChI=1S/C31H40O9S2/c1-16-19-12-21(34)29(5)22(38-27(41)42-6)13-23-30(15-37-23,40-17(2)32)24(29)25(31(36,14-20(16)33)28(19,3)4)39-26(35)18-10-8-7-9-11-18/h7-11,20,22-25,27,33,36,41H,12-15H2,1-6H3/t20-,22-,23+,24?,25?,27?,29+,30-,31+/m0/s1. The van der Waals surface area contributed by atoms with Gasteiger partial charge in [-0.3, -0.25) is 9.59 Å². The van der Waals surface area contributed by atoms with Crippen molar-refractivity contribution < 1.29 is 43.5 Å². The quantitative estimate of drug-likeness (QED) is 0.187. The van der Waals surface area contributed by atoms with Gasteiger partial charge in [-0.2, -0.15) is 0 Å². The Morgan fingerprint density at radius 2 is 1.86 bits per heavy atom. The van der Waals surface area contributed by atoms with Crippen molar-refractivity contribution in [2.75, 3.05) is 12.9 Å². The van der Waals surface area contributed by atoms with Gasteiger partial charge in [-0.15, -0.1) is 24.4 Å². The van der Waals surface area contributed by atoms with E-state index in [1.807, 2.05) is 6.26 Å². The number of aliphatic hydroxyl groups excluding tert-OH is 1. The monoisotopic (exact) mass is 620 g/mol. The second-order valence-corrected chi connectivity index (χ2v) is 14.5. The highest BCUT2D eigenvalue weighted by molar-refractivity contribution is 8.09. The predicted octanol–water partition coefficient (Wildman–Crippen LogP) is 3.71. The largest absolute Gasteiger partial charge is 0.455 e. The zero-order valence-corrected chi connectivity index (χ0v) is 26.5. The van der Waals surface area contributed by atoms with E-state index in [1.165, 1.54) is 18.7 Å². The Morgan fingerprint density at radius 3 is 2.43 bits per heavy atom. The van der Waals surface area contributed by atoms with E-state index in [0.29, 0.717) is 11.1 Å². The summed E-state index contributed by atoms with van der Waals surface area (Å²) in [6.45, 7) is 8.36. The summed E-state index contributed by atoms with van der Waals surface area (Å²) in [5.74, 6) is -2.60. The number of thioether (sulfide) groups is 1. The van der Waals surface area contributed by atoms with E-state index in [-0.39, 0.29) is 37.2 Å². The molecule has 1 aliphatic heterocycles. The maximum Gasteiger partial charge on any atom is 0.338 e. The van der Waals surface area contributed by atoms with Gasteiger partial charge in [0.1, 0.15) is 28.4 Å². The smallest absolute Gasteiger partial charge is 0.338 e. The van der Waals surface area contributed by atoms with Gasteiger partial charge in [-0.05, 0) is 37.8 Å². The second kappa shape index (κ2) is 10.9. The highest BCUT2D eigenvalue weighted by Crippen LogP contribution is 2.64. The molecule has 9 atom stereocenters. The molecule has 0 aromatic heterocycles. The number of esters is 2. The van der Waals surface area contributed by atoms with Gasteiger partial charge in [0.2, 0.25) is 0 Å². The van der Waals surface area contributed by atoms with Crippen LogP contribution in [-0.4, -0.2) is 81.2 Å². The Bertz CT molecular complexity index is 1300. The number of aliphatic hydroxyl groups is 2. The van der Waals surface area contributed by atoms with E-state index in [9.17, 15) is 24.6 Å². The van der Waals surface area contributed by atoms with Crippen LogP contribution in [0.3, 0.4) is 0 Å². The third-order valence-corrected chi connectivity index (χ3v) is 11.7. The van der Waals surface area contributed by atoms with Gasteiger partial charge >= 0.3 is 11.9 Å². The Labute approximate surface area is 256 Å². The average Bonchev–Trinajstić information content (AvgIpc) is 2.93. The molecule has 4 aliphatic rings. The van der Waals surface area contributed by atoms with E-state index in [0.717, 1.165) is 0 Å². The molecule has 0 radical (unpaired) electrons. The van der Waals surface area contributed by atoms with Gasteiger partial charge in [-0.25, -0.2) is 4.79 Å². The number of carbonyl (C=O) groups excluding carboxylic acids is 3.